The van der Waals surface area contributed by atoms with Crippen molar-refractivity contribution in [3.63, 3.8) is 0 Å². The van der Waals surface area contributed by atoms with Gasteiger partial charge in [-0.05, 0) is 50.3 Å². The molecule has 0 bridgehead atoms. The molecule has 2 N–H and O–H groups in total. The molecular formula is C25H36N8O3S. The number of anilines is 4. The Balaban J connectivity index is 1.47. The zero-order valence-corrected chi connectivity index (χ0v) is 22.8. The molecular weight excluding hydrogens is 492 g/mol. The Morgan fingerprint density at radius 3 is 2.57 bits per heavy atom. The number of morpholine rings is 1. The van der Waals surface area contributed by atoms with Crippen molar-refractivity contribution in [2.75, 3.05) is 82.7 Å². The fourth-order valence-electron chi connectivity index (χ4n) is 4.92. The van der Waals surface area contributed by atoms with Crippen molar-refractivity contribution < 1.29 is 13.2 Å². The summed E-state index contributed by atoms with van der Waals surface area (Å²) in [5.41, 5.74) is 3.15. The molecule has 11 nitrogen and oxygen atoms in total. The van der Waals surface area contributed by atoms with E-state index >= 15 is 0 Å². The number of H-pyrrole nitrogens is 1. The van der Waals surface area contributed by atoms with E-state index < -0.39 is 10.0 Å². The number of nitrogens with zero attached hydrogens (tertiary/aromatic N) is 6. The lowest BCUT2D eigenvalue weighted by Gasteiger charge is -2.31. The van der Waals surface area contributed by atoms with Crippen LogP contribution in [0, 0.1) is 0 Å². The Morgan fingerprint density at radius 1 is 1.08 bits per heavy atom. The quantitative estimate of drug-likeness (QED) is 0.454. The number of hydrogen-bond acceptors (Lipinski definition) is 9. The molecule has 3 aromatic rings. The Kier molecular flexibility index (Phi) is 7.26. The second-order valence-corrected chi connectivity index (χ2v) is 12.3. The minimum atomic E-state index is -3.45. The maximum Gasteiger partial charge on any atom is 0.231 e. The molecule has 200 valence electrons. The third-order valence-electron chi connectivity index (χ3n) is 7.17. The van der Waals surface area contributed by atoms with Gasteiger partial charge in [-0.2, -0.15) is 9.97 Å². The number of hydrogen-bond donors (Lipinski definition) is 2. The van der Waals surface area contributed by atoms with Gasteiger partial charge in [0.2, 0.25) is 16.0 Å². The van der Waals surface area contributed by atoms with Crippen LogP contribution >= 0.6 is 0 Å². The van der Waals surface area contributed by atoms with E-state index in [0.717, 1.165) is 66.4 Å². The summed E-state index contributed by atoms with van der Waals surface area (Å²) in [4.78, 5) is 19.6. The van der Waals surface area contributed by atoms with Gasteiger partial charge < -0.3 is 29.7 Å². The molecule has 0 amide bonds. The van der Waals surface area contributed by atoms with Crippen molar-refractivity contribution in [2.45, 2.75) is 18.2 Å². The monoisotopic (exact) mass is 528 g/mol. The number of sulfonamides is 1. The molecule has 2 aliphatic heterocycles. The SMILES string of the molecule is CN(C)[C@@H]1CCN(c2nc(Nc3ccc(N4CCOCC4)c(CS(=O)(=O)N(C)C)c3)nc3[nH]ccc23)C1. The normalized spacial score (nSPS) is 18.9. The minimum Gasteiger partial charge on any atom is -0.378 e. The maximum atomic E-state index is 12.8. The van der Waals surface area contributed by atoms with Gasteiger partial charge >= 0.3 is 0 Å². The minimum absolute atomic E-state index is 0.0936. The Hall–Kier alpha value is -2.93. The third-order valence-corrected chi connectivity index (χ3v) is 8.96. The molecule has 1 atom stereocenters. The molecule has 1 aromatic carbocycles. The smallest absolute Gasteiger partial charge is 0.231 e. The lowest BCUT2D eigenvalue weighted by molar-refractivity contribution is 0.122. The number of rotatable bonds is 8. The summed E-state index contributed by atoms with van der Waals surface area (Å²) in [6.07, 6.45) is 2.96. The first-order valence-electron chi connectivity index (χ1n) is 12.6. The maximum absolute atomic E-state index is 12.8. The average molecular weight is 529 g/mol. The Labute approximate surface area is 218 Å². The summed E-state index contributed by atoms with van der Waals surface area (Å²) in [5.74, 6) is 1.28. The molecule has 0 radical (unpaired) electrons. The molecule has 5 rings (SSSR count). The number of aromatic amines is 1. The van der Waals surface area contributed by atoms with Crippen LogP contribution in [0.2, 0.25) is 0 Å². The third kappa shape index (κ3) is 5.52. The van der Waals surface area contributed by atoms with Gasteiger partial charge in [-0.3, -0.25) is 0 Å². The average Bonchev–Trinajstić information content (AvgIpc) is 3.54. The van der Waals surface area contributed by atoms with E-state index in [4.69, 9.17) is 14.7 Å². The topological polar surface area (TPSA) is 110 Å². The molecule has 2 saturated heterocycles. The highest BCUT2D eigenvalue weighted by molar-refractivity contribution is 7.88. The molecule has 0 spiro atoms. The first kappa shape index (κ1) is 25.7. The van der Waals surface area contributed by atoms with Gasteiger partial charge in [0.15, 0.2) is 0 Å². The van der Waals surface area contributed by atoms with Gasteiger partial charge in [-0.25, -0.2) is 12.7 Å². The largest absolute Gasteiger partial charge is 0.378 e. The first-order chi connectivity index (χ1) is 17.7. The molecule has 2 aliphatic rings. The van der Waals surface area contributed by atoms with Gasteiger partial charge in [-0.1, -0.05) is 0 Å². The lowest BCUT2D eigenvalue weighted by atomic mass is 10.1. The zero-order valence-electron chi connectivity index (χ0n) is 21.9. The fourth-order valence-corrected chi connectivity index (χ4v) is 5.81. The van der Waals surface area contributed by atoms with Gasteiger partial charge in [0.05, 0.1) is 24.4 Å². The van der Waals surface area contributed by atoms with Crippen LogP contribution in [0.5, 0.6) is 0 Å². The van der Waals surface area contributed by atoms with Crippen LogP contribution in [-0.2, 0) is 20.5 Å². The fraction of sp³-hybridized carbons (Fsp3) is 0.520. The van der Waals surface area contributed by atoms with E-state index in [2.05, 4.69) is 39.1 Å². The van der Waals surface area contributed by atoms with E-state index in [0.29, 0.717) is 25.2 Å². The van der Waals surface area contributed by atoms with Crippen LogP contribution in [0.1, 0.15) is 12.0 Å². The van der Waals surface area contributed by atoms with Crippen molar-refractivity contribution in [3.05, 3.63) is 36.0 Å². The van der Waals surface area contributed by atoms with Crippen LogP contribution < -0.4 is 15.1 Å². The molecule has 4 heterocycles. The van der Waals surface area contributed by atoms with Crippen LogP contribution in [0.3, 0.4) is 0 Å². The lowest BCUT2D eigenvalue weighted by Crippen LogP contribution is -2.37. The van der Waals surface area contributed by atoms with Gasteiger partial charge in [0.1, 0.15) is 11.5 Å². The van der Waals surface area contributed by atoms with E-state index in [9.17, 15) is 8.42 Å². The molecule has 0 saturated carbocycles. The van der Waals surface area contributed by atoms with Crippen LogP contribution in [-0.4, -0.2) is 106 Å². The number of likely N-dealkylation sites (N-methyl/N-ethyl adjacent to an activating group) is 1. The van der Waals surface area contributed by atoms with Crippen molar-refractivity contribution in [1.82, 2.24) is 24.2 Å². The molecule has 0 unspecified atom stereocenters. The summed E-state index contributed by atoms with van der Waals surface area (Å²) in [6.45, 7) is 4.53. The van der Waals surface area contributed by atoms with Crippen molar-refractivity contribution in [2.24, 2.45) is 0 Å². The van der Waals surface area contributed by atoms with Crippen molar-refractivity contribution >= 4 is 44.2 Å². The summed E-state index contributed by atoms with van der Waals surface area (Å²) >= 11 is 0. The van der Waals surface area contributed by atoms with Crippen LogP contribution in [0.15, 0.2) is 30.5 Å². The van der Waals surface area contributed by atoms with Crippen LogP contribution in [0.25, 0.3) is 11.0 Å². The van der Waals surface area contributed by atoms with E-state index in [1.54, 1.807) is 14.1 Å². The predicted octanol–water partition coefficient (Wildman–Crippen LogP) is 2.07. The first-order valence-corrected chi connectivity index (χ1v) is 14.2. The number of benzene rings is 1. The molecule has 37 heavy (non-hydrogen) atoms. The van der Waals surface area contributed by atoms with Gasteiger partial charge in [-0.15, -0.1) is 0 Å². The van der Waals surface area contributed by atoms with E-state index in [1.807, 2.05) is 30.5 Å². The standard InChI is InChI=1S/C25H36N8O3S/c1-30(2)20-8-10-33(16-20)24-21-7-9-26-23(21)28-25(29-24)27-19-5-6-22(32-11-13-36-14-12-32)18(15-19)17-37(34,35)31(3)4/h5-7,9,15,20H,8,10-14,16-17H2,1-4H3,(H2,26,27,28,29)/t20-/m1/s1. The highest BCUT2D eigenvalue weighted by atomic mass is 32.2. The second kappa shape index (κ2) is 10.4. The van der Waals surface area contributed by atoms with Crippen molar-refractivity contribution in [3.8, 4) is 0 Å². The number of aromatic nitrogens is 3. The number of nitrogens with one attached hydrogen (secondary N) is 2. The second-order valence-electron chi connectivity index (χ2n) is 10.1. The number of fused-ring (bicyclic) bond motifs is 1. The van der Waals surface area contributed by atoms with Crippen molar-refractivity contribution in [1.29, 1.82) is 0 Å². The summed E-state index contributed by atoms with van der Waals surface area (Å²) < 4.78 is 32.4. The summed E-state index contributed by atoms with van der Waals surface area (Å²) in [6, 6.07) is 8.32. The highest BCUT2D eigenvalue weighted by Crippen LogP contribution is 2.31. The number of ether oxygens (including phenoxy) is 1. The van der Waals surface area contributed by atoms with E-state index in [1.165, 1.54) is 4.31 Å². The molecule has 2 fully saturated rings. The Bertz CT molecular complexity index is 1350. The predicted molar refractivity (Wildman–Crippen MR) is 147 cm³/mol. The zero-order chi connectivity index (χ0) is 26.2. The van der Waals surface area contributed by atoms with Gasteiger partial charge in [0.25, 0.3) is 0 Å². The molecule has 12 heteroatoms. The highest BCUT2D eigenvalue weighted by Gasteiger charge is 2.27. The van der Waals surface area contributed by atoms with E-state index in [-0.39, 0.29) is 5.75 Å². The summed E-state index contributed by atoms with van der Waals surface area (Å²) in [7, 11) is 3.90. The molecule has 2 aromatic heterocycles. The summed E-state index contributed by atoms with van der Waals surface area (Å²) in [5, 5.41) is 4.33. The molecule has 0 aliphatic carbocycles. The van der Waals surface area contributed by atoms with Gasteiger partial charge in [0, 0.05) is 63.9 Å². The Morgan fingerprint density at radius 2 is 1.86 bits per heavy atom. The van der Waals surface area contributed by atoms with Crippen LogP contribution in [0.4, 0.5) is 23.1 Å².